The molecular weight excluding hydrogens is 282 g/mol. The molecule has 2 aliphatic rings. The molecule has 0 N–H and O–H groups in total. The highest BCUT2D eigenvalue weighted by Gasteiger charge is 2.33. The smallest absolute Gasteiger partial charge is 0.246 e. The zero-order valence-corrected chi connectivity index (χ0v) is 12.3. The standard InChI is InChI=1S/C12H19N3O4S/c1-18-11-2-4-14(7-11)20(16,17)12-6-13-15(8-12)10-3-5-19-9-10/h6,8,10-11H,2-5,7,9H2,1H3/t10?,11-/m0/s1. The molecule has 2 aliphatic heterocycles. The molecule has 112 valence electrons. The lowest BCUT2D eigenvalue weighted by Gasteiger charge is -2.14. The molecule has 0 bridgehead atoms. The van der Waals surface area contributed by atoms with Crippen molar-refractivity contribution in [3.05, 3.63) is 12.4 Å². The third kappa shape index (κ3) is 2.48. The largest absolute Gasteiger partial charge is 0.380 e. The molecular formula is C12H19N3O4S. The Bertz CT molecular complexity index is 565. The summed E-state index contributed by atoms with van der Waals surface area (Å²) in [5, 5.41) is 4.17. The number of hydrogen-bond acceptors (Lipinski definition) is 5. The Kier molecular flexibility index (Phi) is 3.80. The van der Waals surface area contributed by atoms with Gasteiger partial charge in [0.2, 0.25) is 10.0 Å². The van der Waals surface area contributed by atoms with Crippen molar-refractivity contribution in [2.75, 3.05) is 33.4 Å². The van der Waals surface area contributed by atoms with Crippen LogP contribution >= 0.6 is 0 Å². The van der Waals surface area contributed by atoms with E-state index in [4.69, 9.17) is 9.47 Å². The van der Waals surface area contributed by atoms with Gasteiger partial charge in [-0.2, -0.15) is 9.40 Å². The number of aromatic nitrogens is 2. The summed E-state index contributed by atoms with van der Waals surface area (Å²) in [7, 11) is -1.85. The van der Waals surface area contributed by atoms with Gasteiger partial charge in [0, 0.05) is 33.0 Å². The van der Waals surface area contributed by atoms with Gasteiger partial charge in [0.15, 0.2) is 0 Å². The zero-order chi connectivity index (χ0) is 14.2. The fourth-order valence-corrected chi connectivity index (χ4v) is 4.07. The fraction of sp³-hybridized carbons (Fsp3) is 0.750. The Morgan fingerprint density at radius 2 is 2.30 bits per heavy atom. The zero-order valence-electron chi connectivity index (χ0n) is 11.4. The second kappa shape index (κ2) is 5.44. The van der Waals surface area contributed by atoms with Gasteiger partial charge in [0.25, 0.3) is 0 Å². The summed E-state index contributed by atoms with van der Waals surface area (Å²) in [6.45, 7) is 2.21. The first-order chi connectivity index (χ1) is 9.61. The highest BCUT2D eigenvalue weighted by Crippen LogP contribution is 2.24. The van der Waals surface area contributed by atoms with Crippen LogP contribution in [-0.4, -0.2) is 62.0 Å². The number of nitrogens with zero attached hydrogens (tertiary/aromatic N) is 3. The van der Waals surface area contributed by atoms with Crippen LogP contribution in [0.1, 0.15) is 18.9 Å². The van der Waals surface area contributed by atoms with E-state index in [1.165, 1.54) is 10.5 Å². The van der Waals surface area contributed by atoms with Gasteiger partial charge >= 0.3 is 0 Å². The lowest BCUT2D eigenvalue weighted by molar-refractivity contribution is 0.115. The molecule has 1 aromatic heterocycles. The molecule has 3 rings (SSSR count). The van der Waals surface area contributed by atoms with E-state index >= 15 is 0 Å². The molecule has 1 unspecified atom stereocenters. The lowest BCUT2D eigenvalue weighted by atomic mass is 10.3. The van der Waals surface area contributed by atoms with Gasteiger partial charge < -0.3 is 9.47 Å². The van der Waals surface area contributed by atoms with Crippen molar-refractivity contribution in [2.45, 2.75) is 29.9 Å². The maximum atomic E-state index is 12.5. The van der Waals surface area contributed by atoms with Crippen LogP contribution in [-0.2, 0) is 19.5 Å². The molecule has 2 fully saturated rings. The summed E-state index contributed by atoms with van der Waals surface area (Å²) in [5.41, 5.74) is 0. The maximum Gasteiger partial charge on any atom is 0.246 e. The third-order valence-electron chi connectivity index (χ3n) is 3.94. The summed E-state index contributed by atoms with van der Waals surface area (Å²) in [6, 6.07) is 0.143. The maximum absolute atomic E-state index is 12.5. The first kappa shape index (κ1) is 14.0. The van der Waals surface area contributed by atoms with Crippen LogP contribution in [0.3, 0.4) is 0 Å². The van der Waals surface area contributed by atoms with Gasteiger partial charge in [-0.25, -0.2) is 8.42 Å². The van der Waals surface area contributed by atoms with Crippen LogP contribution in [0.2, 0.25) is 0 Å². The molecule has 0 aliphatic carbocycles. The van der Waals surface area contributed by atoms with Gasteiger partial charge in [0.05, 0.1) is 24.9 Å². The average Bonchev–Trinajstić information content (AvgIpc) is 3.18. The molecule has 1 aromatic rings. The van der Waals surface area contributed by atoms with Crippen molar-refractivity contribution in [3.8, 4) is 0 Å². The van der Waals surface area contributed by atoms with Crippen LogP contribution in [0.15, 0.2) is 17.3 Å². The van der Waals surface area contributed by atoms with Crippen molar-refractivity contribution < 1.29 is 17.9 Å². The molecule has 7 nitrogen and oxygen atoms in total. The van der Waals surface area contributed by atoms with Gasteiger partial charge in [-0.05, 0) is 12.8 Å². The number of rotatable bonds is 4. The van der Waals surface area contributed by atoms with Crippen molar-refractivity contribution in [2.24, 2.45) is 0 Å². The highest BCUT2D eigenvalue weighted by atomic mass is 32.2. The molecule has 0 spiro atoms. The molecule has 2 saturated heterocycles. The Balaban J connectivity index is 1.77. The van der Waals surface area contributed by atoms with E-state index in [2.05, 4.69) is 5.10 Å². The second-order valence-corrected chi connectivity index (χ2v) is 7.12. The SMILES string of the molecule is CO[C@H]1CCN(S(=O)(=O)c2cnn(C3CCOC3)c2)C1. The lowest BCUT2D eigenvalue weighted by Crippen LogP contribution is -2.29. The van der Waals surface area contributed by atoms with E-state index in [1.54, 1.807) is 18.0 Å². The van der Waals surface area contributed by atoms with Crippen molar-refractivity contribution in [1.82, 2.24) is 14.1 Å². The number of hydrogen-bond donors (Lipinski definition) is 0. The Hall–Kier alpha value is -0.960. The minimum absolute atomic E-state index is 0.0111. The highest BCUT2D eigenvalue weighted by molar-refractivity contribution is 7.89. The quantitative estimate of drug-likeness (QED) is 0.797. The predicted molar refractivity (Wildman–Crippen MR) is 70.9 cm³/mol. The summed E-state index contributed by atoms with van der Waals surface area (Å²) in [6.07, 6.45) is 4.63. The molecule has 8 heteroatoms. The number of sulfonamides is 1. The van der Waals surface area contributed by atoms with Gasteiger partial charge in [-0.3, -0.25) is 4.68 Å². The van der Waals surface area contributed by atoms with Gasteiger partial charge in [-0.15, -0.1) is 0 Å². The summed E-state index contributed by atoms with van der Waals surface area (Å²) < 4.78 is 38.7. The molecule has 20 heavy (non-hydrogen) atoms. The molecule has 2 atom stereocenters. The second-order valence-electron chi connectivity index (χ2n) is 5.18. The Morgan fingerprint density at radius 1 is 1.45 bits per heavy atom. The van der Waals surface area contributed by atoms with E-state index in [0.717, 1.165) is 12.8 Å². The van der Waals surface area contributed by atoms with Crippen molar-refractivity contribution in [3.63, 3.8) is 0 Å². The summed E-state index contributed by atoms with van der Waals surface area (Å²) in [5.74, 6) is 0. The van der Waals surface area contributed by atoms with Crippen molar-refractivity contribution >= 4 is 10.0 Å². The fourth-order valence-electron chi connectivity index (χ4n) is 2.64. The monoisotopic (exact) mass is 301 g/mol. The molecule has 3 heterocycles. The third-order valence-corrected chi connectivity index (χ3v) is 5.75. The van der Waals surface area contributed by atoms with Gasteiger partial charge in [-0.1, -0.05) is 0 Å². The molecule has 0 aromatic carbocycles. The van der Waals surface area contributed by atoms with E-state index in [0.29, 0.717) is 26.3 Å². The van der Waals surface area contributed by atoms with Crippen LogP contribution in [0.25, 0.3) is 0 Å². The first-order valence-electron chi connectivity index (χ1n) is 6.76. The van der Waals surface area contributed by atoms with Crippen LogP contribution in [0.4, 0.5) is 0 Å². The molecule has 0 saturated carbocycles. The minimum atomic E-state index is -3.46. The topological polar surface area (TPSA) is 73.7 Å². The van der Waals surface area contributed by atoms with Gasteiger partial charge in [0.1, 0.15) is 4.90 Å². The molecule has 0 amide bonds. The van der Waals surface area contributed by atoms with Crippen LogP contribution in [0.5, 0.6) is 0 Å². The predicted octanol–water partition coefficient (Wildman–Crippen LogP) is 0.254. The van der Waals surface area contributed by atoms with E-state index < -0.39 is 10.0 Å². The average molecular weight is 301 g/mol. The van der Waals surface area contributed by atoms with E-state index in [1.807, 2.05) is 0 Å². The van der Waals surface area contributed by atoms with Crippen molar-refractivity contribution in [1.29, 1.82) is 0 Å². The number of methoxy groups -OCH3 is 1. The summed E-state index contributed by atoms with van der Waals surface area (Å²) in [4.78, 5) is 0.251. The minimum Gasteiger partial charge on any atom is -0.380 e. The van der Waals surface area contributed by atoms with E-state index in [-0.39, 0.29) is 17.0 Å². The first-order valence-corrected chi connectivity index (χ1v) is 8.20. The molecule has 0 radical (unpaired) electrons. The van der Waals surface area contributed by atoms with E-state index in [9.17, 15) is 8.42 Å². The van der Waals surface area contributed by atoms with Crippen LogP contribution < -0.4 is 0 Å². The summed E-state index contributed by atoms with van der Waals surface area (Å²) >= 11 is 0. The Labute approximate surface area is 118 Å². The normalized spacial score (nSPS) is 28.2. The Morgan fingerprint density at radius 3 is 2.95 bits per heavy atom. The number of ether oxygens (including phenoxy) is 2. The van der Waals surface area contributed by atoms with Crippen LogP contribution in [0, 0.1) is 0 Å².